The van der Waals surface area contributed by atoms with Crippen LogP contribution in [0.25, 0.3) is 0 Å². The highest BCUT2D eigenvalue weighted by molar-refractivity contribution is 6.30. The van der Waals surface area contributed by atoms with E-state index in [2.05, 4.69) is 5.32 Å². The first-order valence-corrected chi connectivity index (χ1v) is 6.61. The van der Waals surface area contributed by atoms with Crippen molar-refractivity contribution in [1.82, 2.24) is 10.2 Å². The Morgan fingerprint density at radius 3 is 2.68 bits per heavy atom. The van der Waals surface area contributed by atoms with Crippen LogP contribution in [-0.2, 0) is 4.79 Å². The summed E-state index contributed by atoms with van der Waals surface area (Å²) in [5, 5.41) is 2.33. The first kappa shape index (κ1) is 15.8. The number of benzene rings is 1. The highest BCUT2D eigenvalue weighted by atomic mass is 35.5. The summed E-state index contributed by atoms with van der Waals surface area (Å²) in [5.41, 5.74) is 1.09. The Hall–Kier alpha value is -1.26. The van der Waals surface area contributed by atoms with Gasteiger partial charge >= 0.3 is 0 Å². The van der Waals surface area contributed by atoms with Crippen molar-refractivity contribution in [3.05, 3.63) is 29.8 Å². The molecule has 0 radical (unpaired) electrons. The van der Waals surface area contributed by atoms with Gasteiger partial charge in [0, 0.05) is 6.54 Å². The lowest BCUT2D eigenvalue weighted by Crippen LogP contribution is -2.37. The van der Waals surface area contributed by atoms with Gasteiger partial charge in [0.25, 0.3) is 0 Å². The number of hydrogen-bond acceptors (Lipinski definition) is 3. The molecule has 1 amide bonds. The number of amides is 1. The monoisotopic (exact) mass is 284 g/mol. The smallest absolute Gasteiger partial charge is 0.237 e. The van der Waals surface area contributed by atoms with Gasteiger partial charge in [-0.1, -0.05) is 12.1 Å². The van der Waals surface area contributed by atoms with Crippen LogP contribution in [0.15, 0.2) is 24.3 Å². The molecule has 1 N–H and O–H groups in total. The van der Waals surface area contributed by atoms with E-state index in [4.69, 9.17) is 16.3 Å². The van der Waals surface area contributed by atoms with Crippen LogP contribution >= 0.6 is 11.6 Å². The molecule has 0 aromatic heterocycles. The van der Waals surface area contributed by atoms with Crippen LogP contribution in [0.5, 0.6) is 5.75 Å². The van der Waals surface area contributed by atoms with Crippen molar-refractivity contribution >= 4 is 17.5 Å². The Balaban J connectivity index is 2.79. The van der Waals surface area contributed by atoms with Crippen LogP contribution in [-0.4, -0.2) is 43.9 Å². The maximum absolute atomic E-state index is 11.5. The highest BCUT2D eigenvalue weighted by Gasteiger charge is 2.17. The van der Waals surface area contributed by atoms with Crippen LogP contribution in [0.3, 0.4) is 0 Å². The van der Waals surface area contributed by atoms with Crippen LogP contribution in [0.1, 0.15) is 18.5 Å². The number of methoxy groups -OCH3 is 1. The second-order valence-corrected chi connectivity index (χ2v) is 5.27. The van der Waals surface area contributed by atoms with E-state index in [1.54, 1.807) is 14.0 Å². The van der Waals surface area contributed by atoms with Crippen LogP contribution in [0, 0.1) is 0 Å². The van der Waals surface area contributed by atoms with Gasteiger partial charge in [-0.05, 0) is 38.7 Å². The molecule has 0 fully saturated rings. The maximum atomic E-state index is 11.5. The predicted octanol–water partition coefficient (Wildman–Crippen LogP) is 2.04. The Kier molecular flexibility index (Phi) is 6.12. The Labute approximate surface area is 119 Å². The molecule has 0 saturated carbocycles. The first-order valence-electron chi connectivity index (χ1n) is 6.18. The normalized spacial score (nSPS) is 14.0. The lowest BCUT2D eigenvalue weighted by atomic mass is 10.1. The number of carbonyl (C=O) groups excluding carboxylic acids is 1. The van der Waals surface area contributed by atoms with Gasteiger partial charge in [-0.25, -0.2) is 0 Å². The van der Waals surface area contributed by atoms with Crippen LogP contribution in [0.2, 0.25) is 0 Å². The van der Waals surface area contributed by atoms with E-state index in [1.165, 1.54) is 0 Å². The summed E-state index contributed by atoms with van der Waals surface area (Å²) < 4.78 is 5.22. The summed E-state index contributed by atoms with van der Waals surface area (Å²) in [6, 6.07) is 7.91. The van der Waals surface area contributed by atoms with Crippen LogP contribution < -0.4 is 10.1 Å². The quantitative estimate of drug-likeness (QED) is 0.813. The number of ether oxygens (including phenoxy) is 1. The van der Waals surface area contributed by atoms with Crippen molar-refractivity contribution in [2.45, 2.75) is 18.3 Å². The van der Waals surface area contributed by atoms with Gasteiger partial charge in [-0.2, -0.15) is 0 Å². The molecule has 1 aromatic carbocycles. The molecule has 0 bridgehead atoms. The van der Waals surface area contributed by atoms with E-state index in [-0.39, 0.29) is 11.9 Å². The summed E-state index contributed by atoms with van der Waals surface area (Å²) in [6.07, 6.45) is 0. The fourth-order valence-corrected chi connectivity index (χ4v) is 1.86. The van der Waals surface area contributed by atoms with Gasteiger partial charge in [-0.3, -0.25) is 4.79 Å². The van der Waals surface area contributed by atoms with E-state index in [1.807, 2.05) is 43.3 Å². The number of nitrogens with one attached hydrogen (secondary N) is 1. The summed E-state index contributed by atoms with van der Waals surface area (Å²) in [6.45, 7) is 2.17. The molecule has 0 saturated heterocycles. The molecule has 106 valence electrons. The molecule has 2 atom stereocenters. The molecular formula is C14H21ClN2O2. The minimum Gasteiger partial charge on any atom is -0.497 e. The molecule has 2 unspecified atom stereocenters. The molecule has 0 aliphatic rings. The zero-order valence-electron chi connectivity index (χ0n) is 11.8. The van der Waals surface area contributed by atoms with E-state index in [0.717, 1.165) is 11.3 Å². The summed E-state index contributed by atoms with van der Waals surface area (Å²) >= 11 is 5.74. The zero-order chi connectivity index (χ0) is 14.4. The average molecular weight is 285 g/mol. The Morgan fingerprint density at radius 2 is 2.16 bits per heavy atom. The number of carbonyl (C=O) groups is 1. The van der Waals surface area contributed by atoms with Gasteiger partial charge in [0.1, 0.15) is 11.1 Å². The second-order valence-electron chi connectivity index (χ2n) is 4.62. The van der Waals surface area contributed by atoms with Crippen molar-refractivity contribution in [3.63, 3.8) is 0 Å². The third-order valence-electron chi connectivity index (χ3n) is 2.93. The van der Waals surface area contributed by atoms with Crippen molar-refractivity contribution in [2.75, 3.05) is 27.7 Å². The molecule has 0 heterocycles. The summed E-state index contributed by atoms with van der Waals surface area (Å²) in [4.78, 5) is 13.6. The number of hydrogen-bond donors (Lipinski definition) is 1. The van der Waals surface area contributed by atoms with E-state index < -0.39 is 5.38 Å². The number of rotatable bonds is 6. The minimum atomic E-state index is -0.520. The largest absolute Gasteiger partial charge is 0.497 e. The molecular weight excluding hydrogens is 264 g/mol. The van der Waals surface area contributed by atoms with Crippen molar-refractivity contribution < 1.29 is 9.53 Å². The number of halogens is 1. The van der Waals surface area contributed by atoms with E-state index in [0.29, 0.717) is 6.54 Å². The third-order valence-corrected chi connectivity index (χ3v) is 3.13. The SMILES string of the molecule is COc1cccc(C(CNC(=O)C(C)Cl)N(C)C)c1. The number of alkyl halides is 1. The molecule has 5 heteroatoms. The van der Waals surface area contributed by atoms with Crippen molar-refractivity contribution in [1.29, 1.82) is 0 Å². The molecule has 1 aromatic rings. The van der Waals surface area contributed by atoms with Gasteiger partial charge in [0.05, 0.1) is 13.2 Å². The van der Waals surface area contributed by atoms with Crippen molar-refractivity contribution in [2.24, 2.45) is 0 Å². The van der Waals surface area contributed by atoms with Gasteiger partial charge < -0.3 is 15.0 Å². The Morgan fingerprint density at radius 1 is 1.47 bits per heavy atom. The topological polar surface area (TPSA) is 41.6 Å². The van der Waals surface area contributed by atoms with E-state index >= 15 is 0 Å². The summed E-state index contributed by atoms with van der Waals surface area (Å²) in [5.74, 6) is 0.651. The lowest BCUT2D eigenvalue weighted by Gasteiger charge is -2.25. The third kappa shape index (κ3) is 4.73. The Bertz CT molecular complexity index is 422. The molecule has 0 aliphatic heterocycles. The molecule has 0 aliphatic carbocycles. The van der Waals surface area contributed by atoms with Gasteiger partial charge in [0.15, 0.2) is 0 Å². The lowest BCUT2D eigenvalue weighted by molar-refractivity contribution is -0.120. The fraction of sp³-hybridized carbons (Fsp3) is 0.500. The number of likely N-dealkylation sites (N-methyl/N-ethyl adjacent to an activating group) is 1. The molecule has 19 heavy (non-hydrogen) atoms. The summed E-state index contributed by atoms with van der Waals surface area (Å²) in [7, 11) is 5.58. The molecule has 0 spiro atoms. The molecule has 4 nitrogen and oxygen atoms in total. The zero-order valence-corrected chi connectivity index (χ0v) is 12.6. The molecule has 1 rings (SSSR count). The maximum Gasteiger partial charge on any atom is 0.237 e. The standard InChI is InChI=1S/C14H21ClN2O2/c1-10(15)14(18)16-9-13(17(2)3)11-6-5-7-12(8-11)19-4/h5-8,10,13H,9H2,1-4H3,(H,16,18). The van der Waals surface area contributed by atoms with Gasteiger partial charge in [0.2, 0.25) is 5.91 Å². The van der Waals surface area contributed by atoms with Crippen molar-refractivity contribution in [3.8, 4) is 5.75 Å². The number of nitrogens with zero attached hydrogens (tertiary/aromatic N) is 1. The average Bonchev–Trinajstić information content (AvgIpc) is 2.38. The van der Waals surface area contributed by atoms with Crippen LogP contribution in [0.4, 0.5) is 0 Å². The predicted molar refractivity (Wildman–Crippen MR) is 77.7 cm³/mol. The van der Waals surface area contributed by atoms with E-state index in [9.17, 15) is 4.79 Å². The first-order chi connectivity index (χ1) is 8.95. The van der Waals surface area contributed by atoms with Gasteiger partial charge in [-0.15, -0.1) is 11.6 Å². The second kappa shape index (κ2) is 7.36. The minimum absolute atomic E-state index is 0.0782. The fourth-order valence-electron chi connectivity index (χ4n) is 1.79. The highest BCUT2D eigenvalue weighted by Crippen LogP contribution is 2.22.